The third-order valence-electron chi connectivity index (χ3n) is 4.54. The Kier molecular flexibility index (Phi) is 6.09. The van der Waals surface area contributed by atoms with Crippen molar-refractivity contribution in [3.63, 3.8) is 0 Å². The van der Waals surface area contributed by atoms with Gasteiger partial charge in [0.15, 0.2) is 5.82 Å². The highest BCUT2D eigenvalue weighted by Crippen LogP contribution is 2.25. The van der Waals surface area contributed by atoms with Gasteiger partial charge >= 0.3 is 0 Å². The van der Waals surface area contributed by atoms with Crippen molar-refractivity contribution in [3.05, 3.63) is 77.0 Å². The number of benzene rings is 2. The van der Waals surface area contributed by atoms with E-state index in [-0.39, 0.29) is 28.2 Å². The van der Waals surface area contributed by atoms with Crippen molar-refractivity contribution in [1.29, 1.82) is 0 Å². The number of hydrogen-bond acceptors (Lipinski definition) is 5. The monoisotopic (exact) mass is 427 g/mol. The highest BCUT2D eigenvalue weighted by molar-refractivity contribution is 7.89. The summed E-state index contributed by atoms with van der Waals surface area (Å²) in [7, 11) is -3.80. The molecule has 1 aromatic heterocycles. The first-order valence-electron chi connectivity index (χ1n) is 9.49. The van der Waals surface area contributed by atoms with E-state index >= 15 is 0 Å². The molecule has 158 valence electrons. The number of nitrogens with zero attached hydrogens (tertiary/aromatic N) is 1. The second kappa shape index (κ2) is 8.41. The minimum Gasteiger partial charge on any atom is -0.359 e. The zero-order valence-electron chi connectivity index (χ0n) is 17.4. The van der Waals surface area contributed by atoms with Crippen molar-refractivity contribution < 1.29 is 17.7 Å². The third-order valence-corrected chi connectivity index (χ3v) is 6.08. The third kappa shape index (κ3) is 5.14. The van der Waals surface area contributed by atoms with Crippen LogP contribution < -0.4 is 10.0 Å². The number of rotatable bonds is 6. The second-order valence-electron chi connectivity index (χ2n) is 8.07. The average molecular weight is 428 g/mol. The summed E-state index contributed by atoms with van der Waals surface area (Å²) in [6.45, 7) is 7.76. The predicted molar refractivity (Wildman–Crippen MR) is 115 cm³/mol. The lowest BCUT2D eigenvalue weighted by Gasteiger charge is -2.12. The van der Waals surface area contributed by atoms with E-state index in [0.29, 0.717) is 11.3 Å². The summed E-state index contributed by atoms with van der Waals surface area (Å²) in [4.78, 5) is 12.7. The molecule has 2 aromatic carbocycles. The normalized spacial score (nSPS) is 12.0. The van der Waals surface area contributed by atoms with Crippen LogP contribution in [0.3, 0.4) is 0 Å². The van der Waals surface area contributed by atoms with Gasteiger partial charge < -0.3 is 9.84 Å². The number of carbonyl (C=O) groups excluding carboxylic acids is 1. The van der Waals surface area contributed by atoms with E-state index in [1.54, 1.807) is 25.1 Å². The zero-order chi connectivity index (χ0) is 21.9. The number of nitrogens with one attached hydrogen (secondary N) is 2. The van der Waals surface area contributed by atoms with Gasteiger partial charge in [-0.2, -0.15) is 0 Å². The van der Waals surface area contributed by atoms with Crippen molar-refractivity contribution >= 4 is 21.7 Å². The van der Waals surface area contributed by atoms with E-state index in [1.807, 2.05) is 51.1 Å². The van der Waals surface area contributed by atoms with Crippen LogP contribution in [0.15, 0.2) is 64.0 Å². The first-order chi connectivity index (χ1) is 14.1. The molecule has 0 aliphatic rings. The molecule has 3 aromatic rings. The van der Waals surface area contributed by atoms with E-state index < -0.39 is 15.9 Å². The summed E-state index contributed by atoms with van der Waals surface area (Å²) < 4.78 is 33.5. The number of amides is 1. The molecule has 0 radical (unpaired) electrons. The predicted octanol–water partition coefficient (Wildman–Crippen LogP) is 4.01. The van der Waals surface area contributed by atoms with Crippen LogP contribution in [0, 0.1) is 6.92 Å². The Bertz CT molecular complexity index is 1150. The Morgan fingerprint density at radius 2 is 1.77 bits per heavy atom. The SMILES string of the molecule is Cc1ccc(C(=O)Nc2cc(C(C)(C)C)on2)cc1S(=O)(=O)NCc1ccccc1. The quantitative estimate of drug-likeness (QED) is 0.619. The molecule has 7 nitrogen and oxygen atoms in total. The summed E-state index contributed by atoms with van der Waals surface area (Å²) >= 11 is 0. The van der Waals surface area contributed by atoms with Gasteiger partial charge in [0.05, 0.1) is 4.90 Å². The minimum atomic E-state index is -3.80. The average Bonchev–Trinajstić information content (AvgIpc) is 3.16. The Balaban J connectivity index is 1.78. The fraction of sp³-hybridized carbons (Fsp3) is 0.273. The molecule has 1 amide bonds. The van der Waals surface area contributed by atoms with E-state index in [9.17, 15) is 13.2 Å². The molecule has 0 atom stereocenters. The van der Waals surface area contributed by atoms with Gasteiger partial charge in [-0.1, -0.05) is 62.3 Å². The number of hydrogen-bond donors (Lipinski definition) is 2. The molecule has 0 saturated carbocycles. The molecule has 0 unspecified atom stereocenters. The molecule has 0 fully saturated rings. The molecule has 0 aliphatic heterocycles. The Labute approximate surface area is 176 Å². The Morgan fingerprint density at radius 3 is 2.40 bits per heavy atom. The van der Waals surface area contributed by atoms with E-state index in [0.717, 1.165) is 5.56 Å². The van der Waals surface area contributed by atoms with Gasteiger partial charge in [-0.05, 0) is 30.2 Å². The standard InChI is InChI=1S/C22H25N3O4S/c1-15-10-11-17(21(26)24-20-13-19(29-25-20)22(2,3)4)12-18(15)30(27,28)23-14-16-8-6-5-7-9-16/h5-13,23H,14H2,1-4H3,(H,24,25,26). The number of carbonyl (C=O) groups is 1. The summed E-state index contributed by atoms with van der Waals surface area (Å²) in [6, 6.07) is 15.4. The molecule has 0 bridgehead atoms. The van der Waals surface area contributed by atoms with Crippen LogP contribution in [0.2, 0.25) is 0 Å². The van der Waals surface area contributed by atoms with Crippen LogP contribution >= 0.6 is 0 Å². The van der Waals surface area contributed by atoms with Gasteiger partial charge in [-0.25, -0.2) is 13.1 Å². The Hall–Kier alpha value is -2.97. The first-order valence-corrected chi connectivity index (χ1v) is 11.0. The van der Waals surface area contributed by atoms with Gasteiger partial charge in [-0.15, -0.1) is 0 Å². The van der Waals surface area contributed by atoms with Crippen molar-refractivity contribution in [2.24, 2.45) is 0 Å². The molecule has 2 N–H and O–H groups in total. The topological polar surface area (TPSA) is 101 Å². The molecular formula is C22H25N3O4S. The highest BCUT2D eigenvalue weighted by atomic mass is 32.2. The molecule has 1 heterocycles. The fourth-order valence-corrected chi connectivity index (χ4v) is 4.05. The van der Waals surface area contributed by atoms with Gasteiger partial charge in [0.1, 0.15) is 5.76 Å². The summed E-state index contributed by atoms with van der Waals surface area (Å²) in [5.74, 6) is 0.440. The maximum atomic E-state index is 12.8. The lowest BCUT2D eigenvalue weighted by Crippen LogP contribution is -2.24. The summed E-state index contributed by atoms with van der Waals surface area (Å²) in [5, 5.41) is 6.51. The molecular weight excluding hydrogens is 402 g/mol. The maximum Gasteiger partial charge on any atom is 0.256 e. The smallest absolute Gasteiger partial charge is 0.256 e. The van der Waals surface area contributed by atoms with Crippen LogP contribution in [0.25, 0.3) is 0 Å². The number of anilines is 1. The Morgan fingerprint density at radius 1 is 1.07 bits per heavy atom. The van der Waals surface area contributed by atoms with E-state index in [1.165, 1.54) is 6.07 Å². The maximum absolute atomic E-state index is 12.8. The van der Waals surface area contributed by atoms with Gasteiger partial charge in [-0.3, -0.25) is 4.79 Å². The molecule has 0 saturated heterocycles. The van der Waals surface area contributed by atoms with E-state index in [4.69, 9.17) is 4.52 Å². The number of aryl methyl sites for hydroxylation is 1. The lowest BCUT2D eigenvalue weighted by molar-refractivity contribution is 0.102. The minimum absolute atomic E-state index is 0.0571. The van der Waals surface area contributed by atoms with Crippen LogP contribution in [0.4, 0.5) is 5.82 Å². The molecule has 8 heteroatoms. The van der Waals surface area contributed by atoms with Gasteiger partial charge in [0.25, 0.3) is 5.91 Å². The fourth-order valence-electron chi connectivity index (χ4n) is 2.76. The second-order valence-corrected chi connectivity index (χ2v) is 9.81. The van der Waals surface area contributed by atoms with Gasteiger partial charge in [0.2, 0.25) is 10.0 Å². The van der Waals surface area contributed by atoms with Crippen LogP contribution in [0.5, 0.6) is 0 Å². The molecule has 0 aliphatic carbocycles. The number of sulfonamides is 1. The van der Waals surface area contributed by atoms with Crippen LogP contribution in [-0.2, 0) is 22.0 Å². The first kappa shape index (κ1) is 21.7. The summed E-state index contributed by atoms with van der Waals surface area (Å²) in [5.41, 5.74) is 1.35. The van der Waals surface area contributed by atoms with Crippen molar-refractivity contribution in [1.82, 2.24) is 9.88 Å². The van der Waals surface area contributed by atoms with E-state index in [2.05, 4.69) is 15.2 Å². The van der Waals surface area contributed by atoms with Crippen LogP contribution in [-0.4, -0.2) is 19.5 Å². The van der Waals surface area contributed by atoms with Crippen molar-refractivity contribution in [2.45, 2.75) is 44.6 Å². The van der Waals surface area contributed by atoms with Crippen LogP contribution in [0.1, 0.15) is 48.0 Å². The molecule has 0 spiro atoms. The molecule has 3 rings (SSSR count). The number of aromatic nitrogens is 1. The zero-order valence-corrected chi connectivity index (χ0v) is 18.2. The highest BCUT2D eigenvalue weighted by Gasteiger charge is 2.22. The lowest BCUT2D eigenvalue weighted by atomic mass is 9.93. The van der Waals surface area contributed by atoms with Gasteiger partial charge in [0, 0.05) is 23.6 Å². The molecule has 30 heavy (non-hydrogen) atoms. The van der Waals surface area contributed by atoms with Crippen molar-refractivity contribution in [2.75, 3.05) is 5.32 Å². The largest absolute Gasteiger partial charge is 0.359 e. The van der Waals surface area contributed by atoms with Crippen molar-refractivity contribution in [3.8, 4) is 0 Å². The summed E-state index contributed by atoms with van der Waals surface area (Å²) in [6.07, 6.45) is 0.